The number of halogens is 2. The fourth-order valence-corrected chi connectivity index (χ4v) is 2.78. The van der Waals surface area contributed by atoms with Crippen molar-refractivity contribution in [3.8, 4) is 11.5 Å². The van der Waals surface area contributed by atoms with Gasteiger partial charge >= 0.3 is 0 Å². The highest BCUT2D eigenvalue weighted by Gasteiger charge is 2.27. The van der Waals surface area contributed by atoms with Crippen LogP contribution in [0.2, 0.25) is 10.0 Å². The van der Waals surface area contributed by atoms with Gasteiger partial charge in [-0.05, 0) is 55.8 Å². The van der Waals surface area contributed by atoms with Gasteiger partial charge in [0.25, 0.3) is 0 Å². The van der Waals surface area contributed by atoms with E-state index in [1.165, 1.54) is 5.57 Å². The molecule has 0 bridgehead atoms. The summed E-state index contributed by atoms with van der Waals surface area (Å²) in [6.45, 7) is 4.48. The summed E-state index contributed by atoms with van der Waals surface area (Å²) in [4.78, 5) is 12.5. The average Bonchev–Trinajstić information content (AvgIpc) is 2.85. The Bertz CT molecular complexity index is 894. The first-order chi connectivity index (χ1) is 11.9. The molecule has 128 valence electrons. The van der Waals surface area contributed by atoms with E-state index in [0.29, 0.717) is 39.3 Å². The molecule has 0 fully saturated rings. The van der Waals surface area contributed by atoms with E-state index in [-0.39, 0.29) is 11.5 Å². The molecule has 0 N–H and O–H groups in total. The Kier molecular flexibility index (Phi) is 5.16. The Morgan fingerprint density at radius 3 is 2.68 bits per heavy atom. The minimum Gasteiger partial charge on any atom is -0.489 e. The first-order valence-electron chi connectivity index (χ1n) is 7.73. The van der Waals surface area contributed by atoms with Gasteiger partial charge in [-0.15, -0.1) is 0 Å². The van der Waals surface area contributed by atoms with Crippen LogP contribution >= 0.6 is 23.2 Å². The van der Waals surface area contributed by atoms with Gasteiger partial charge in [-0.3, -0.25) is 4.79 Å². The highest BCUT2D eigenvalue weighted by molar-refractivity contribution is 6.35. The first-order valence-corrected chi connectivity index (χ1v) is 8.49. The molecule has 3 nitrogen and oxygen atoms in total. The SMILES string of the molecule is CC(C)=CCOc1ccc2c(c1)O/C(=C\c1ccc(Cl)cc1Cl)C2=O. The lowest BCUT2D eigenvalue weighted by molar-refractivity contribution is 0.101. The molecular weight excluding hydrogens is 359 g/mol. The summed E-state index contributed by atoms with van der Waals surface area (Å²) in [7, 11) is 0. The second-order valence-corrected chi connectivity index (χ2v) is 6.70. The number of carbonyl (C=O) groups excluding carboxylic acids is 1. The fraction of sp³-hybridized carbons (Fsp3) is 0.150. The normalized spacial score (nSPS) is 14.2. The smallest absolute Gasteiger partial charge is 0.231 e. The third-order valence-electron chi connectivity index (χ3n) is 3.63. The van der Waals surface area contributed by atoms with E-state index in [9.17, 15) is 4.79 Å². The number of hydrogen-bond donors (Lipinski definition) is 0. The molecule has 2 aromatic rings. The first kappa shape index (κ1) is 17.6. The lowest BCUT2D eigenvalue weighted by Gasteiger charge is -2.05. The zero-order valence-electron chi connectivity index (χ0n) is 13.8. The van der Waals surface area contributed by atoms with Crippen LogP contribution in [0.1, 0.15) is 29.8 Å². The molecule has 1 heterocycles. The van der Waals surface area contributed by atoms with Crippen LogP contribution in [0.5, 0.6) is 11.5 Å². The molecule has 0 saturated carbocycles. The van der Waals surface area contributed by atoms with Crippen molar-refractivity contribution in [2.75, 3.05) is 6.61 Å². The van der Waals surface area contributed by atoms with Gasteiger partial charge in [-0.25, -0.2) is 0 Å². The van der Waals surface area contributed by atoms with E-state index in [1.807, 2.05) is 19.9 Å². The van der Waals surface area contributed by atoms with Crippen LogP contribution in [0.4, 0.5) is 0 Å². The standard InChI is InChI=1S/C20H16Cl2O3/c1-12(2)7-8-24-15-5-6-16-18(11-15)25-19(20(16)23)9-13-3-4-14(21)10-17(13)22/h3-7,9-11H,8H2,1-2H3/b19-9-. The Hall–Kier alpha value is -2.23. The molecule has 0 radical (unpaired) electrons. The van der Waals surface area contributed by atoms with E-state index in [4.69, 9.17) is 32.7 Å². The van der Waals surface area contributed by atoms with Crippen LogP contribution in [-0.4, -0.2) is 12.4 Å². The molecule has 0 aliphatic carbocycles. The van der Waals surface area contributed by atoms with Crippen molar-refractivity contribution in [1.29, 1.82) is 0 Å². The molecular formula is C20H16Cl2O3. The van der Waals surface area contributed by atoms with Gasteiger partial charge in [0, 0.05) is 16.1 Å². The van der Waals surface area contributed by atoms with Gasteiger partial charge in [0.15, 0.2) is 5.76 Å². The molecule has 1 aliphatic heterocycles. The van der Waals surface area contributed by atoms with Crippen molar-refractivity contribution in [3.63, 3.8) is 0 Å². The molecule has 0 saturated heterocycles. The van der Waals surface area contributed by atoms with Crippen LogP contribution in [-0.2, 0) is 0 Å². The van der Waals surface area contributed by atoms with Gasteiger partial charge < -0.3 is 9.47 Å². The highest BCUT2D eigenvalue weighted by Crippen LogP contribution is 2.35. The maximum absolute atomic E-state index is 12.5. The Morgan fingerprint density at radius 1 is 1.16 bits per heavy atom. The molecule has 2 aromatic carbocycles. The van der Waals surface area contributed by atoms with E-state index < -0.39 is 0 Å². The summed E-state index contributed by atoms with van der Waals surface area (Å²) in [5.41, 5.74) is 2.35. The summed E-state index contributed by atoms with van der Waals surface area (Å²) in [6.07, 6.45) is 3.60. The van der Waals surface area contributed by atoms with Gasteiger partial charge in [-0.1, -0.05) is 34.8 Å². The van der Waals surface area contributed by atoms with Gasteiger partial charge in [0.1, 0.15) is 18.1 Å². The fourth-order valence-electron chi connectivity index (χ4n) is 2.32. The second-order valence-electron chi connectivity index (χ2n) is 5.86. The lowest BCUT2D eigenvalue weighted by atomic mass is 10.1. The summed E-state index contributed by atoms with van der Waals surface area (Å²) in [5, 5.41) is 0.991. The van der Waals surface area contributed by atoms with E-state index >= 15 is 0 Å². The Morgan fingerprint density at radius 2 is 1.96 bits per heavy atom. The third-order valence-corrected chi connectivity index (χ3v) is 4.19. The van der Waals surface area contributed by atoms with Crippen LogP contribution in [0, 0.1) is 0 Å². The number of fused-ring (bicyclic) bond motifs is 1. The van der Waals surface area contributed by atoms with Crippen molar-refractivity contribution in [1.82, 2.24) is 0 Å². The monoisotopic (exact) mass is 374 g/mol. The summed E-state index contributed by atoms with van der Waals surface area (Å²) in [5.74, 6) is 1.17. The number of Topliss-reactive ketones (excluding diaryl/α,β-unsaturated/α-hetero) is 1. The predicted octanol–water partition coefficient (Wildman–Crippen LogP) is 5.95. The van der Waals surface area contributed by atoms with Gasteiger partial charge in [-0.2, -0.15) is 0 Å². The zero-order chi connectivity index (χ0) is 18.0. The topological polar surface area (TPSA) is 35.5 Å². The number of allylic oxidation sites excluding steroid dienone is 2. The minimum atomic E-state index is -0.183. The van der Waals surface area contributed by atoms with Gasteiger partial charge in [0.05, 0.1) is 5.56 Å². The number of ether oxygens (including phenoxy) is 2. The van der Waals surface area contributed by atoms with Crippen molar-refractivity contribution >= 4 is 35.1 Å². The summed E-state index contributed by atoms with van der Waals surface area (Å²) in [6, 6.07) is 10.3. The van der Waals surface area contributed by atoms with E-state index in [0.717, 1.165) is 0 Å². The van der Waals surface area contributed by atoms with Crippen molar-refractivity contribution < 1.29 is 14.3 Å². The lowest BCUT2D eigenvalue weighted by Crippen LogP contribution is -1.98. The highest BCUT2D eigenvalue weighted by atomic mass is 35.5. The Labute approximate surface area is 156 Å². The quantitative estimate of drug-likeness (QED) is 0.489. The predicted molar refractivity (Wildman–Crippen MR) is 101 cm³/mol. The second kappa shape index (κ2) is 7.34. The van der Waals surface area contributed by atoms with Crippen molar-refractivity contribution in [3.05, 3.63) is 75.0 Å². The molecule has 5 heteroatoms. The van der Waals surface area contributed by atoms with Crippen LogP contribution in [0.25, 0.3) is 6.08 Å². The maximum atomic E-state index is 12.5. The molecule has 1 aliphatic rings. The number of carbonyl (C=O) groups is 1. The van der Waals surface area contributed by atoms with Crippen LogP contribution < -0.4 is 9.47 Å². The zero-order valence-corrected chi connectivity index (χ0v) is 15.3. The molecule has 0 amide bonds. The molecule has 0 aromatic heterocycles. The maximum Gasteiger partial charge on any atom is 0.231 e. The minimum absolute atomic E-state index is 0.183. The number of hydrogen-bond acceptors (Lipinski definition) is 3. The number of ketones is 1. The van der Waals surface area contributed by atoms with Gasteiger partial charge in [0.2, 0.25) is 5.78 Å². The van der Waals surface area contributed by atoms with Crippen molar-refractivity contribution in [2.45, 2.75) is 13.8 Å². The van der Waals surface area contributed by atoms with E-state index in [1.54, 1.807) is 42.5 Å². The summed E-state index contributed by atoms with van der Waals surface area (Å²) < 4.78 is 11.3. The molecule has 0 unspecified atom stereocenters. The third kappa shape index (κ3) is 4.06. The van der Waals surface area contributed by atoms with Crippen molar-refractivity contribution in [2.24, 2.45) is 0 Å². The van der Waals surface area contributed by atoms with E-state index in [2.05, 4.69) is 0 Å². The molecule has 3 rings (SSSR count). The largest absolute Gasteiger partial charge is 0.489 e. The average molecular weight is 375 g/mol. The molecule has 0 atom stereocenters. The molecule has 0 spiro atoms. The Balaban J connectivity index is 1.83. The number of benzene rings is 2. The molecule has 25 heavy (non-hydrogen) atoms. The van der Waals surface area contributed by atoms with Crippen LogP contribution in [0.3, 0.4) is 0 Å². The summed E-state index contributed by atoms with van der Waals surface area (Å²) >= 11 is 12.0. The van der Waals surface area contributed by atoms with Crippen LogP contribution in [0.15, 0.2) is 53.8 Å². The number of rotatable bonds is 4.